The molecule has 0 aliphatic rings. The maximum Gasteiger partial charge on any atom is 0.379 e. The van der Waals surface area contributed by atoms with Gasteiger partial charge in [0.1, 0.15) is 11.6 Å². The topological polar surface area (TPSA) is 26.3 Å². The lowest BCUT2D eigenvalue weighted by Crippen LogP contribution is -2.17. The molecule has 76 valence electrons. The lowest BCUT2D eigenvalue weighted by molar-refractivity contribution is -0.146. The number of carbonyl (C=O) groups excluding carboxylic acids is 1. The van der Waals surface area contributed by atoms with Crippen molar-refractivity contribution in [3.05, 3.63) is 29.0 Å². The first-order chi connectivity index (χ1) is 6.50. The fraction of sp³-hybridized carbons (Fsp3) is 0.125. The highest BCUT2D eigenvalue weighted by Gasteiger charge is 2.18. The monoisotopic (exact) mass is 224 g/mol. The Kier molecular flexibility index (Phi) is 3.35. The van der Waals surface area contributed by atoms with Crippen LogP contribution < -0.4 is 4.74 Å². The lowest BCUT2D eigenvalue weighted by atomic mass is 10.3. The molecule has 0 atom stereocenters. The lowest BCUT2D eigenvalue weighted by Gasteiger charge is -2.03. The van der Waals surface area contributed by atoms with Crippen molar-refractivity contribution >= 4 is 17.6 Å². The molecule has 0 bridgehead atoms. The van der Waals surface area contributed by atoms with Crippen molar-refractivity contribution in [2.45, 2.75) is 6.43 Å². The Morgan fingerprint density at radius 2 is 2.07 bits per heavy atom. The van der Waals surface area contributed by atoms with Gasteiger partial charge in [-0.3, -0.25) is 0 Å². The van der Waals surface area contributed by atoms with Crippen molar-refractivity contribution in [3.8, 4) is 5.75 Å². The summed E-state index contributed by atoms with van der Waals surface area (Å²) in [5.74, 6) is -2.64. The second kappa shape index (κ2) is 4.32. The summed E-state index contributed by atoms with van der Waals surface area (Å²) < 4.78 is 40.2. The van der Waals surface area contributed by atoms with Crippen LogP contribution in [0.5, 0.6) is 5.75 Å². The van der Waals surface area contributed by atoms with Gasteiger partial charge in [0.15, 0.2) is 0 Å². The molecule has 0 spiro atoms. The minimum absolute atomic E-state index is 0.221. The van der Waals surface area contributed by atoms with Crippen LogP contribution in [0.1, 0.15) is 0 Å². The molecule has 1 rings (SSSR count). The molecule has 0 heterocycles. The molecule has 0 fully saturated rings. The molecule has 0 unspecified atom stereocenters. The van der Waals surface area contributed by atoms with E-state index >= 15 is 0 Å². The largest absolute Gasteiger partial charge is 0.422 e. The second-order valence-electron chi connectivity index (χ2n) is 2.30. The number of esters is 1. The SMILES string of the molecule is O=C(Oc1ccc(F)c(Cl)c1)C(F)F. The van der Waals surface area contributed by atoms with Crippen molar-refractivity contribution in [1.29, 1.82) is 0 Å². The summed E-state index contributed by atoms with van der Waals surface area (Å²) in [6.45, 7) is 0. The van der Waals surface area contributed by atoms with Crippen molar-refractivity contribution < 1.29 is 22.7 Å². The average Bonchev–Trinajstić information content (AvgIpc) is 2.11. The maximum absolute atomic E-state index is 12.6. The minimum Gasteiger partial charge on any atom is -0.422 e. The van der Waals surface area contributed by atoms with E-state index in [-0.39, 0.29) is 10.8 Å². The Morgan fingerprint density at radius 3 is 2.57 bits per heavy atom. The van der Waals surface area contributed by atoms with Gasteiger partial charge in [-0.1, -0.05) is 11.6 Å². The van der Waals surface area contributed by atoms with E-state index in [1.54, 1.807) is 0 Å². The van der Waals surface area contributed by atoms with Gasteiger partial charge in [-0.2, -0.15) is 8.78 Å². The molecule has 6 heteroatoms. The number of ether oxygens (including phenoxy) is 1. The van der Waals surface area contributed by atoms with Crippen LogP contribution in [0.4, 0.5) is 13.2 Å². The Labute approximate surface area is 82.2 Å². The Balaban J connectivity index is 2.78. The van der Waals surface area contributed by atoms with E-state index in [9.17, 15) is 18.0 Å². The molecule has 2 nitrogen and oxygen atoms in total. The van der Waals surface area contributed by atoms with Crippen LogP contribution in [0, 0.1) is 5.82 Å². The van der Waals surface area contributed by atoms with Crippen LogP contribution in [0.2, 0.25) is 5.02 Å². The van der Waals surface area contributed by atoms with Gasteiger partial charge < -0.3 is 4.74 Å². The van der Waals surface area contributed by atoms with E-state index in [0.29, 0.717) is 0 Å². The quantitative estimate of drug-likeness (QED) is 0.570. The zero-order valence-electron chi connectivity index (χ0n) is 6.64. The molecule has 1 aromatic rings. The molecule has 0 radical (unpaired) electrons. The standard InChI is InChI=1S/C8H4ClF3O2/c9-5-3-4(1-2-6(5)10)14-8(13)7(11)12/h1-3,7H. The molecule has 1 aromatic carbocycles. The summed E-state index contributed by atoms with van der Waals surface area (Å²) in [6.07, 6.45) is -3.22. The highest BCUT2D eigenvalue weighted by molar-refractivity contribution is 6.30. The molecule has 0 N–H and O–H groups in total. The predicted molar refractivity (Wildman–Crippen MR) is 43.0 cm³/mol. The minimum atomic E-state index is -3.22. The number of carbonyl (C=O) groups is 1. The van der Waals surface area contributed by atoms with Crippen LogP contribution in [0.3, 0.4) is 0 Å². The summed E-state index contributed by atoms with van der Waals surface area (Å²) in [7, 11) is 0. The van der Waals surface area contributed by atoms with E-state index in [0.717, 1.165) is 18.2 Å². The number of hydrogen-bond acceptors (Lipinski definition) is 2. The van der Waals surface area contributed by atoms with Gasteiger partial charge >= 0.3 is 12.4 Å². The molecule has 0 aliphatic heterocycles. The normalized spacial score (nSPS) is 10.4. The van der Waals surface area contributed by atoms with Crippen molar-refractivity contribution in [1.82, 2.24) is 0 Å². The summed E-state index contributed by atoms with van der Waals surface area (Å²) >= 11 is 5.32. The van der Waals surface area contributed by atoms with Gasteiger partial charge in [0.25, 0.3) is 0 Å². The number of alkyl halides is 2. The smallest absolute Gasteiger partial charge is 0.379 e. The predicted octanol–water partition coefficient (Wildman–Crippen LogP) is 2.65. The van der Waals surface area contributed by atoms with Gasteiger partial charge in [0.2, 0.25) is 0 Å². The molecular weight excluding hydrogens is 221 g/mol. The van der Waals surface area contributed by atoms with E-state index in [1.807, 2.05) is 0 Å². The highest BCUT2D eigenvalue weighted by atomic mass is 35.5. The molecule has 0 aromatic heterocycles. The van der Waals surface area contributed by atoms with Gasteiger partial charge in [0, 0.05) is 6.07 Å². The molecule has 0 amide bonds. The Bertz CT molecular complexity index is 354. The Hall–Kier alpha value is -1.23. The number of rotatable bonds is 2. The van der Waals surface area contributed by atoms with Crippen LogP contribution in [-0.2, 0) is 4.79 Å². The van der Waals surface area contributed by atoms with Crippen LogP contribution in [0.25, 0.3) is 0 Å². The van der Waals surface area contributed by atoms with Gasteiger partial charge in [-0.25, -0.2) is 9.18 Å². The van der Waals surface area contributed by atoms with Gasteiger partial charge in [-0.05, 0) is 12.1 Å². The zero-order valence-corrected chi connectivity index (χ0v) is 7.39. The Morgan fingerprint density at radius 1 is 1.43 bits per heavy atom. The zero-order chi connectivity index (χ0) is 10.7. The first-order valence-corrected chi connectivity index (χ1v) is 3.83. The first-order valence-electron chi connectivity index (χ1n) is 3.45. The third-order valence-electron chi connectivity index (χ3n) is 1.29. The molecular formula is C8H4ClF3O2. The highest BCUT2D eigenvalue weighted by Crippen LogP contribution is 2.21. The summed E-state index contributed by atoms with van der Waals surface area (Å²) in [5, 5.41) is -0.301. The van der Waals surface area contributed by atoms with Crippen LogP contribution >= 0.6 is 11.6 Å². The van der Waals surface area contributed by atoms with Crippen LogP contribution in [0.15, 0.2) is 18.2 Å². The summed E-state index contributed by atoms with van der Waals surface area (Å²) in [5.41, 5.74) is 0. The number of hydrogen-bond donors (Lipinski definition) is 0. The van der Waals surface area contributed by atoms with Gasteiger partial charge in [0.05, 0.1) is 5.02 Å². The van der Waals surface area contributed by atoms with Gasteiger partial charge in [-0.15, -0.1) is 0 Å². The fourth-order valence-electron chi connectivity index (χ4n) is 0.701. The first kappa shape index (κ1) is 10.8. The fourth-order valence-corrected chi connectivity index (χ4v) is 0.872. The molecule has 0 saturated heterocycles. The van der Waals surface area contributed by atoms with E-state index in [4.69, 9.17) is 11.6 Å². The third kappa shape index (κ3) is 2.63. The van der Waals surface area contributed by atoms with Crippen molar-refractivity contribution in [3.63, 3.8) is 0 Å². The van der Waals surface area contributed by atoms with Crippen LogP contribution in [-0.4, -0.2) is 12.4 Å². The average molecular weight is 225 g/mol. The second-order valence-corrected chi connectivity index (χ2v) is 2.70. The van der Waals surface area contributed by atoms with E-state index in [2.05, 4.69) is 4.74 Å². The third-order valence-corrected chi connectivity index (χ3v) is 1.58. The van der Waals surface area contributed by atoms with Crippen molar-refractivity contribution in [2.24, 2.45) is 0 Å². The molecule has 0 aliphatic carbocycles. The van der Waals surface area contributed by atoms with Crippen molar-refractivity contribution in [2.75, 3.05) is 0 Å². The molecule has 0 saturated carbocycles. The number of halogens is 4. The van der Waals surface area contributed by atoms with E-state index in [1.165, 1.54) is 0 Å². The maximum atomic E-state index is 12.6. The molecule has 14 heavy (non-hydrogen) atoms. The summed E-state index contributed by atoms with van der Waals surface area (Å²) in [4.78, 5) is 10.4. The number of benzene rings is 1. The van der Waals surface area contributed by atoms with E-state index < -0.39 is 18.2 Å². The summed E-state index contributed by atoms with van der Waals surface area (Å²) in [6, 6.07) is 2.88.